The first-order valence-electron chi connectivity index (χ1n) is 8.98. The van der Waals surface area contributed by atoms with Gasteiger partial charge in [-0.05, 0) is 36.2 Å². The van der Waals surface area contributed by atoms with Crippen LogP contribution in [0.1, 0.15) is 5.56 Å². The largest absolute Gasteiger partial charge is 0.497 e. The molecular formula is C21H22N4O3. The van der Waals surface area contributed by atoms with Gasteiger partial charge in [-0.2, -0.15) is 0 Å². The lowest BCUT2D eigenvalue weighted by Crippen LogP contribution is -2.07. The Bertz CT molecular complexity index is 1120. The number of hydrogen-bond acceptors (Lipinski definition) is 6. The molecule has 0 aliphatic rings. The minimum absolute atomic E-state index is 0.723. The van der Waals surface area contributed by atoms with Crippen LogP contribution in [0.4, 0.5) is 5.82 Å². The summed E-state index contributed by atoms with van der Waals surface area (Å²) in [5.74, 6) is 3.04. The fourth-order valence-electron chi connectivity index (χ4n) is 3.30. The Kier molecular flexibility index (Phi) is 4.89. The maximum absolute atomic E-state index is 5.37. The second kappa shape index (κ2) is 7.64. The number of benzene rings is 2. The van der Waals surface area contributed by atoms with E-state index in [4.69, 9.17) is 14.2 Å². The summed E-state index contributed by atoms with van der Waals surface area (Å²) in [7, 11) is 4.93. The first-order chi connectivity index (χ1) is 13.7. The lowest BCUT2D eigenvalue weighted by atomic mass is 10.1. The summed E-state index contributed by atoms with van der Waals surface area (Å²) in [6.45, 7) is 0.723. The van der Waals surface area contributed by atoms with Crippen LogP contribution >= 0.6 is 0 Å². The molecule has 2 aromatic heterocycles. The Morgan fingerprint density at radius 2 is 1.79 bits per heavy atom. The van der Waals surface area contributed by atoms with Crippen LogP contribution in [0.15, 0.2) is 42.7 Å². The van der Waals surface area contributed by atoms with Crippen molar-refractivity contribution in [1.29, 1.82) is 0 Å². The van der Waals surface area contributed by atoms with Crippen LogP contribution in [0, 0.1) is 0 Å². The quantitative estimate of drug-likeness (QED) is 0.509. The van der Waals surface area contributed by atoms with Gasteiger partial charge in [0.1, 0.15) is 23.1 Å². The van der Waals surface area contributed by atoms with E-state index < -0.39 is 0 Å². The van der Waals surface area contributed by atoms with Crippen molar-refractivity contribution < 1.29 is 14.2 Å². The molecule has 0 bridgehead atoms. The maximum Gasteiger partial charge on any atom is 0.160 e. The fraction of sp³-hybridized carbons (Fsp3) is 0.238. The monoisotopic (exact) mass is 378 g/mol. The fourth-order valence-corrected chi connectivity index (χ4v) is 3.30. The number of nitrogens with zero attached hydrogens (tertiary/aromatic N) is 2. The number of rotatable bonds is 7. The van der Waals surface area contributed by atoms with Crippen LogP contribution in [-0.2, 0) is 6.42 Å². The Labute approximate surface area is 162 Å². The van der Waals surface area contributed by atoms with E-state index in [1.54, 1.807) is 27.7 Å². The molecule has 2 heterocycles. The predicted octanol–water partition coefficient (Wildman–Crippen LogP) is 3.79. The summed E-state index contributed by atoms with van der Waals surface area (Å²) in [6, 6.07) is 11.8. The van der Waals surface area contributed by atoms with Gasteiger partial charge in [-0.25, -0.2) is 9.97 Å². The number of nitrogens with one attached hydrogen (secondary N) is 2. The van der Waals surface area contributed by atoms with E-state index in [9.17, 15) is 0 Å². The number of ether oxygens (including phenoxy) is 3. The highest BCUT2D eigenvalue weighted by Gasteiger charge is 2.11. The maximum atomic E-state index is 5.37. The summed E-state index contributed by atoms with van der Waals surface area (Å²) in [6.07, 6.45) is 2.40. The van der Waals surface area contributed by atoms with E-state index in [-0.39, 0.29) is 0 Å². The molecule has 0 atom stereocenters. The van der Waals surface area contributed by atoms with Crippen LogP contribution in [0.5, 0.6) is 17.2 Å². The highest BCUT2D eigenvalue weighted by molar-refractivity contribution is 6.08. The minimum atomic E-state index is 0.723. The summed E-state index contributed by atoms with van der Waals surface area (Å²) >= 11 is 0. The van der Waals surface area contributed by atoms with Crippen molar-refractivity contribution in [3.05, 3.63) is 48.3 Å². The molecular weight excluding hydrogens is 356 g/mol. The van der Waals surface area contributed by atoms with Crippen LogP contribution in [0.25, 0.3) is 21.9 Å². The highest BCUT2D eigenvalue weighted by Crippen LogP contribution is 2.30. The molecule has 0 fully saturated rings. The summed E-state index contributed by atoms with van der Waals surface area (Å²) in [5.41, 5.74) is 3.90. The summed E-state index contributed by atoms with van der Waals surface area (Å²) in [4.78, 5) is 12.2. The molecule has 2 N–H and O–H groups in total. The van der Waals surface area contributed by atoms with Gasteiger partial charge in [0.15, 0.2) is 17.3 Å². The molecule has 0 aliphatic carbocycles. The van der Waals surface area contributed by atoms with Gasteiger partial charge in [-0.3, -0.25) is 0 Å². The van der Waals surface area contributed by atoms with Crippen LogP contribution in [0.2, 0.25) is 0 Å². The molecule has 2 aromatic carbocycles. The average Bonchev–Trinajstić information content (AvgIpc) is 3.12. The van der Waals surface area contributed by atoms with Gasteiger partial charge in [0.05, 0.1) is 26.8 Å². The molecule has 0 aliphatic heterocycles. The molecule has 0 saturated heterocycles. The highest BCUT2D eigenvalue weighted by atomic mass is 16.5. The second-order valence-corrected chi connectivity index (χ2v) is 6.35. The van der Waals surface area contributed by atoms with E-state index in [0.717, 1.165) is 63.5 Å². The average molecular weight is 378 g/mol. The zero-order chi connectivity index (χ0) is 19.5. The first kappa shape index (κ1) is 17.9. The van der Waals surface area contributed by atoms with E-state index in [1.807, 2.05) is 36.4 Å². The molecule has 7 nitrogen and oxygen atoms in total. The van der Waals surface area contributed by atoms with E-state index >= 15 is 0 Å². The van der Waals surface area contributed by atoms with Crippen molar-refractivity contribution in [3.8, 4) is 17.2 Å². The van der Waals surface area contributed by atoms with Crippen LogP contribution in [0.3, 0.4) is 0 Å². The normalized spacial score (nSPS) is 11.0. The zero-order valence-electron chi connectivity index (χ0n) is 16.1. The predicted molar refractivity (Wildman–Crippen MR) is 110 cm³/mol. The third kappa shape index (κ3) is 3.26. The van der Waals surface area contributed by atoms with Crippen LogP contribution in [-0.4, -0.2) is 42.8 Å². The van der Waals surface area contributed by atoms with E-state index in [1.165, 1.54) is 0 Å². The first-order valence-corrected chi connectivity index (χ1v) is 8.98. The Morgan fingerprint density at radius 3 is 2.57 bits per heavy atom. The number of hydrogen-bond donors (Lipinski definition) is 2. The van der Waals surface area contributed by atoms with Gasteiger partial charge in [0.25, 0.3) is 0 Å². The molecule has 144 valence electrons. The van der Waals surface area contributed by atoms with Gasteiger partial charge >= 0.3 is 0 Å². The van der Waals surface area contributed by atoms with Gasteiger partial charge in [-0.1, -0.05) is 6.07 Å². The van der Waals surface area contributed by atoms with Gasteiger partial charge in [0.2, 0.25) is 0 Å². The molecule has 0 unspecified atom stereocenters. The van der Waals surface area contributed by atoms with Gasteiger partial charge in [-0.15, -0.1) is 0 Å². The Morgan fingerprint density at radius 1 is 0.929 bits per heavy atom. The van der Waals surface area contributed by atoms with Gasteiger partial charge < -0.3 is 24.5 Å². The van der Waals surface area contributed by atoms with Crippen molar-refractivity contribution in [2.75, 3.05) is 33.2 Å². The second-order valence-electron chi connectivity index (χ2n) is 6.35. The smallest absolute Gasteiger partial charge is 0.160 e. The number of fused-ring (bicyclic) bond motifs is 3. The number of H-pyrrole nitrogens is 1. The van der Waals surface area contributed by atoms with Crippen molar-refractivity contribution in [2.24, 2.45) is 0 Å². The lowest BCUT2D eigenvalue weighted by Gasteiger charge is -2.10. The molecule has 28 heavy (non-hydrogen) atoms. The molecule has 4 rings (SSSR count). The van der Waals surface area contributed by atoms with Crippen molar-refractivity contribution >= 4 is 27.8 Å². The van der Waals surface area contributed by atoms with Crippen molar-refractivity contribution in [3.63, 3.8) is 0 Å². The zero-order valence-corrected chi connectivity index (χ0v) is 16.1. The molecule has 0 spiro atoms. The van der Waals surface area contributed by atoms with Crippen molar-refractivity contribution in [2.45, 2.75) is 6.42 Å². The van der Waals surface area contributed by atoms with E-state index in [2.05, 4.69) is 20.3 Å². The Balaban J connectivity index is 1.55. The van der Waals surface area contributed by atoms with Gasteiger partial charge in [0, 0.05) is 18.0 Å². The molecule has 0 radical (unpaired) electrons. The minimum Gasteiger partial charge on any atom is -0.497 e. The van der Waals surface area contributed by atoms with E-state index in [0.29, 0.717) is 0 Å². The molecule has 0 amide bonds. The summed E-state index contributed by atoms with van der Waals surface area (Å²) in [5, 5.41) is 4.45. The Hall–Kier alpha value is -3.48. The lowest BCUT2D eigenvalue weighted by molar-refractivity contribution is 0.354. The topological polar surface area (TPSA) is 81.3 Å². The summed E-state index contributed by atoms with van der Waals surface area (Å²) < 4.78 is 16.0. The number of aromatic amines is 1. The molecule has 0 saturated carbocycles. The molecule has 4 aromatic rings. The standard InChI is InChI=1S/C21H22N4O3/c1-26-14-5-6-15-16(11-14)25-20-19(15)23-12-24-21(20)22-9-8-13-4-7-17(27-2)18(10-13)28-3/h4-7,10-12,25H,8-9H2,1-3H3,(H,22,23,24). The number of methoxy groups -OCH3 is 3. The van der Waals surface area contributed by atoms with Crippen LogP contribution < -0.4 is 19.5 Å². The third-order valence-electron chi connectivity index (χ3n) is 4.74. The number of aromatic nitrogens is 3. The third-order valence-corrected chi connectivity index (χ3v) is 4.74. The SMILES string of the molecule is COc1ccc2c(c1)[nH]c1c(NCCc3ccc(OC)c(OC)c3)ncnc12. The van der Waals surface area contributed by atoms with Crippen molar-refractivity contribution in [1.82, 2.24) is 15.0 Å². The number of anilines is 1. The molecule has 7 heteroatoms.